The SMILES string of the molecule is C=C[C@@H](C)CCCI. The molecule has 0 spiro atoms. The van der Waals surface area contributed by atoms with Gasteiger partial charge >= 0.3 is 0 Å². The molecule has 0 aromatic heterocycles. The molecule has 0 bridgehead atoms. The van der Waals surface area contributed by atoms with Crippen LogP contribution in [0, 0.1) is 5.92 Å². The van der Waals surface area contributed by atoms with Crippen LogP contribution < -0.4 is 0 Å². The van der Waals surface area contributed by atoms with Crippen LogP contribution in [0.15, 0.2) is 12.7 Å². The summed E-state index contributed by atoms with van der Waals surface area (Å²) in [4.78, 5) is 0. The molecule has 0 unspecified atom stereocenters. The van der Waals surface area contributed by atoms with Crippen LogP contribution in [0.2, 0.25) is 0 Å². The molecular weight excluding hydrogens is 211 g/mol. The average Bonchev–Trinajstić information content (AvgIpc) is 1.83. The Labute approximate surface area is 65.5 Å². The van der Waals surface area contributed by atoms with Crippen molar-refractivity contribution in [1.82, 2.24) is 0 Å². The molecule has 0 nitrogen and oxygen atoms in total. The second kappa shape index (κ2) is 5.60. The lowest BCUT2D eigenvalue weighted by molar-refractivity contribution is 0.642. The van der Waals surface area contributed by atoms with Gasteiger partial charge in [0.05, 0.1) is 0 Å². The van der Waals surface area contributed by atoms with E-state index in [-0.39, 0.29) is 0 Å². The Bertz CT molecular complexity index is 59.4. The van der Waals surface area contributed by atoms with Crippen molar-refractivity contribution >= 4 is 22.6 Å². The van der Waals surface area contributed by atoms with Crippen molar-refractivity contribution in [3.8, 4) is 0 Å². The smallest absolute Gasteiger partial charge is 0.000452 e. The summed E-state index contributed by atoms with van der Waals surface area (Å²) in [6, 6.07) is 0. The number of halogens is 1. The third kappa shape index (κ3) is 4.62. The minimum atomic E-state index is 0.713. The molecule has 0 aromatic rings. The van der Waals surface area contributed by atoms with E-state index in [0.29, 0.717) is 5.92 Å². The van der Waals surface area contributed by atoms with Crippen molar-refractivity contribution in [2.24, 2.45) is 5.92 Å². The number of rotatable bonds is 4. The fourth-order valence-corrected chi connectivity index (χ4v) is 0.957. The van der Waals surface area contributed by atoms with Crippen LogP contribution in [-0.4, -0.2) is 4.43 Å². The Kier molecular flexibility index (Phi) is 5.93. The lowest BCUT2D eigenvalue weighted by Gasteiger charge is -2.00. The molecule has 48 valence electrons. The first-order valence-corrected chi connectivity index (χ1v) is 4.52. The highest BCUT2D eigenvalue weighted by atomic mass is 127. The largest absolute Gasteiger partial charge is 0.103 e. The van der Waals surface area contributed by atoms with Gasteiger partial charge < -0.3 is 0 Å². The maximum absolute atomic E-state index is 3.71. The van der Waals surface area contributed by atoms with Crippen LogP contribution >= 0.6 is 22.6 Å². The molecule has 0 aromatic carbocycles. The fraction of sp³-hybridized carbons (Fsp3) is 0.714. The number of allylic oxidation sites excluding steroid dienone is 1. The Morgan fingerprint density at radius 3 is 2.75 bits per heavy atom. The highest BCUT2D eigenvalue weighted by Crippen LogP contribution is 2.06. The van der Waals surface area contributed by atoms with E-state index in [0.717, 1.165) is 0 Å². The van der Waals surface area contributed by atoms with Gasteiger partial charge in [-0.2, -0.15) is 0 Å². The second-order valence-corrected chi connectivity index (χ2v) is 3.12. The van der Waals surface area contributed by atoms with Gasteiger partial charge in [-0.05, 0) is 23.2 Å². The molecule has 0 rings (SSSR count). The molecule has 0 heterocycles. The van der Waals surface area contributed by atoms with Crippen LogP contribution in [0.5, 0.6) is 0 Å². The second-order valence-electron chi connectivity index (χ2n) is 2.04. The third-order valence-corrected chi connectivity index (χ3v) is 1.96. The minimum absolute atomic E-state index is 0.713. The summed E-state index contributed by atoms with van der Waals surface area (Å²) in [6.45, 7) is 5.92. The summed E-state index contributed by atoms with van der Waals surface area (Å²) in [6.07, 6.45) is 4.65. The van der Waals surface area contributed by atoms with Crippen LogP contribution in [0.1, 0.15) is 19.8 Å². The lowest BCUT2D eigenvalue weighted by Crippen LogP contribution is -1.87. The molecule has 0 aliphatic heterocycles. The Balaban J connectivity index is 2.98. The molecule has 1 atom stereocenters. The summed E-state index contributed by atoms with van der Waals surface area (Å²) in [5.74, 6) is 0.713. The molecular formula is C7H13I. The van der Waals surface area contributed by atoms with Crippen LogP contribution in [-0.2, 0) is 0 Å². The van der Waals surface area contributed by atoms with Crippen molar-refractivity contribution in [3.63, 3.8) is 0 Å². The lowest BCUT2D eigenvalue weighted by atomic mass is 10.1. The molecule has 0 aliphatic rings. The summed E-state index contributed by atoms with van der Waals surface area (Å²) in [5, 5.41) is 0. The van der Waals surface area contributed by atoms with Gasteiger partial charge in [0.15, 0.2) is 0 Å². The molecule has 0 N–H and O–H groups in total. The zero-order chi connectivity index (χ0) is 6.41. The van der Waals surface area contributed by atoms with E-state index >= 15 is 0 Å². The van der Waals surface area contributed by atoms with E-state index in [4.69, 9.17) is 0 Å². The first kappa shape index (κ1) is 8.47. The number of hydrogen-bond acceptors (Lipinski definition) is 0. The topological polar surface area (TPSA) is 0 Å². The first-order valence-electron chi connectivity index (χ1n) is 2.99. The monoisotopic (exact) mass is 224 g/mol. The van der Waals surface area contributed by atoms with Crippen molar-refractivity contribution < 1.29 is 0 Å². The van der Waals surface area contributed by atoms with Gasteiger partial charge in [0.2, 0.25) is 0 Å². The summed E-state index contributed by atoms with van der Waals surface area (Å²) >= 11 is 2.40. The van der Waals surface area contributed by atoms with Gasteiger partial charge in [-0.25, -0.2) is 0 Å². The zero-order valence-electron chi connectivity index (χ0n) is 5.36. The number of hydrogen-bond donors (Lipinski definition) is 0. The predicted octanol–water partition coefficient (Wildman–Crippen LogP) is 3.02. The molecule has 0 saturated heterocycles. The maximum atomic E-state index is 3.71. The van der Waals surface area contributed by atoms with E-state index in [1.807, 2.05) is 6.08 Å². The summed E-state index contributed by atoms with van der Waals surface area (Å²) < 4.78 is 1.27. The molecule has 0 saturated carbocycles. The van der Waals surface area contributed by atoms with Gasteiger partial charge in [-0.15, -0.1) is 6.58 Å². The highest BCUT2D eigenvalue weighted by molar-refractivity contribution is 14.1. The Morgan fingerprint density at radius 2 is 2.38 bits per heavy atom. The Morgan fingerprint density at radius 1 is 1.75 bits per heavy atom. The standard InChI is InChI=1S/C7H13I/c1-3-7(2)5-4-6-8/h3,7H,1,4-6H2,2H3/t7-/m1/s1. The van der Waals surface area contributed by atoms with E-state index in [1.54, 1.807) is 0 Å². The van der Waals surface area contributed by atoms with E-state index in [9.17, 15) is 0 Å². The van der Waals surface area contributed by atoms with Crippen LogP contribution in [0.4, 0.5) is 0 Å². The van der Waals surface area contributed by atoms with E-state index in [1.165, 1.54) is 17.3 Å². The zero-order valence-corrected chi connectivity index (χ0v) is 7.52. The molecule has 8 heavy (non-hydrogen) atoms. The van der Waals surface area contributed by atoms with E-state index in [2.05, 4.69) is 36.1 Å². The van der Waals surface area contributed by atoms with Crippen LogP contribution in [0.3, 0.4) is 0 Å². The molecule has 0 aliphatic carbocycles. The van der Waals surface area contributed by atoms with Gasteiger partial charge in [0.25, 0.3) is 0 Å². The number of alkyl halides is 1. The normalized spacial score (nSPS) is 13.2. The van der Waals surface area contributed by atoms with Crippen molar-refractivity contribution in [2.45, 2.75) is 19.8 Å². The molecule has 0 amide bonds. The van der Waals surface area contributed by atoms with Gasteiger partial charge in [-0.1, -0.05) is 35.6 Å². The quantitative estimate of drug-likeness (QED) is 0.391. The van der Waals surface area contributed by atoms with Gasteiger partial charge in [0, 0.05) is 0 Å². The third-order valence-electron chi connectivity index (χ3n) is 1.20. The highest BCUT2D eigenvalue weighted by Gasteiger charge is 1.92. The molecule has 1 heteroatoms. The van der Waals surface area contributed by atoms with Gasteiger partial charge in [0.1, 0.15) is 0 Å². The molecule has 0 radical (unpaired) electrons. The summed E-state index contributed by atoms with van der Waals surface area (Å²) in [7, 11) is 0. The predicted molar refractivity (Wildman–Crippen MR) is 47.5 cm³/mol. The van der Waals surface area contributed by atoms with Crippen molar-refractivity contribution in [3.05, 3.63) is 12.7 Å². The van der Waals surface area contributed by atoms with Crippen molar-refractivity contribution in [2.75, 3.05) is 4.43 Å². The fourth-order valence-electron chi connectivity index (χ4n) is 0.517. The molecule has 0 fully saturated rings. The van der Waals surface area contributed by atoms with E-state index < -0.39 is 0 Å². The minimum Gasteiger partial charge on any atom is -0.103 e. The maximum Gasteiger partial charge on any atom is -0.000452 e. The first-order chi connectivity index (χ1) is 3.81. The van der Waals surface area contributed by atoms with Crippen LogP contribution in [0.25, 0.3) is 0 Å². The van der Waals surface area contributed by atoms with Gasteiger partial charge in [-0.3, -0.25) is 0 Å². The summed E-state index contributed by atoms with van der Waals surface area (Å²) in [5.41, 5.74) is 0. The Hall–Kier alpha value is 0.470. The average molecular weight is 224 g/mol. The van der Waals surface area contributed by atoms with Crippen molar-refractivity contribution in [1.29, 1.82) is 0 Å².